The van der Waals surface area contributed by atoms with E-state index in [2.05, 4.69) is 17.6 Å². The summed E-state index contributed by atoms with van der Waals surface area (Å²) in [6.45, 7) is 5.03. The summed E-state index contributed by atoms with van der Waals surface area (Å²) in [5.74, 6) is 1.70. The van der Waals surface area contributed by atoms with Crippen LogP contribution < -0.4 is 10.6 Å². The molecule has 2 aliphatic rings. The third kappa shape index (κ3) is 3.14. The van der Waals surface area contributed by atoms with Gasteiger partial charge in [-0.15, -0.1) is 0 Å². The summed E-state index contributed by atoms with van der Waals surface area (Å²) in [7, 11) is 0. The average molecular weight is 242 g/mol. The van der Waals surface area contributed by atoms with E-state index in [0.717, 1.165) is 32.5 Å². The number of amides is 1. The third-order valence-corrected chi connectivity index (χ3v) is 5.14. The normalized spacial score (nSPS) is 34.9. The second-order valence-corrected chi connectivity index (χ2v) is 6.85. The van der Waals surface area contributed by atoms with Gasteiger partial charge in [0.05, 0.1) is 5.92 Å². The maximum atomic E-state index is 11.9. The quantitative estimate of drug-likeness (QED) is 0.786. The molecule has 2 fully saturated rings. The van der Waals surface area contributed by atoms with Gasteiger partial charge >= 0.3 is 0 Å². The molecule has 1 unspecified atom stereocenters. The molecule has 1 amide bonds. The standard InChI is InChI=1S/C12H22N2OS/c1-12(5-3-7-16-12)9-14-11(15)10-4-2-6-13-8-10/h10,13H,2-9H2,1H3,(H,14,15)/t10-,12?/m1/s1. The van der Waals surface area contributed by atoms with Gasteiger partial charge in [-0.05, 0) is 44.9 Å². The minimum absolute atomic E-state index is 0.198. The zero-order valence-electron chi connectivity index (χ0n) is 10.1. The monoisotopic (exact) mass is 242 g/mol. The summed E-state index contributed by atoms with van der Waals surface area (Å²) in [4.78, 5) is 11.9. The van der Waals surface area contributed by atoms with Crippen LogP contribution in [-0.4, -0.2) is 36.0 Å². The summed E-state index contributed by atoms with van der Waals surface area (Å²) >= 11 is 2.00. The Balaban J connectivity index is 1.74. The number of carbonyl (C=O) groups excluding carboxylic acids is 1. The smallest absolute Gasteiger partial charge is 0.224 e. The maximum Gasteiger partial charge on any atom is 0.224 e. The largest absolute Gasteiger partial charge is 0.354 e. The van der Waals surface area contributed by atoms with Crippen LogP contribution in [-0.2, 0) is 4.79 Å². The highest BCUT2D eigenvalue weighted by Crippen LogP contribution is 2.37. The van der Waals surface area contributed by atoms with Gasteiger partial charge in [-0.25, -0.2) is 0 Å². The van der Waals surface area contributed by atoms with Crippen LogP contribution in [0.3, 0.4) is 0 Å². The Kier molecular flexibility index (Phi) is 4.14. The highest BCUT2D eigenvalue weighted by Gasteiger charge is 2.30. The summed E-state index contributed by atoms with van der Waals surface area (Å²) < 4.78 is 0.289. The predicted molar refractivity (Wildman–Crippen MR) is 68.7 cm³/mol. The van der Waals surface area contributed by atoms with Crippen molar-refractivity contribution in [2.75, 3.05) is 25.4 Å². The first-order valence-electron chi connectivity index (χ1n) is 6.32. The second kappa shape index (κ2) is 5.41. The topological polar surface area (TPSA) is 41.1 Å². The number of thioether (sulfide) groups is 1. The van der Waals surface area contributed by atoms with Crippen molar-refractivity contribution in [1.29, 1.82) is 0 Å². The minimum Gasteiger partial charge on any atom is -0.354 e. The molecule has 4 heteroatoms. The fourth-order valence-corrected chi connectivity index (χ4v) is 3.71. The first kappa shape index (κ1) is 12.2. The Hall–Kier alpha value is -0.220. The number of hydrogen-bond donors (Lipinski definition) is 2. The van der Waals surface area contributed by atoms with Gasteiger partial charge < -0.3 is 10.6 Å². The first-order chi connectivity index (χ1) is 7.70. The van der Waals surface area contributed by atoms with E-state index in [-0.39, 0.29) is 16.6 Å². The first-order valence-corrected chi connectivity index (χ1v) is 7.31. The number of carbonyl (C=O) groups is 1. The van der Waals surface area contributed by atoms with E-state index in [1.807, 2.05) is 11.8 Å². The van der Waals surface area contributed by atoms with Crippen molar-refractivity contribution in [1.82, 2.24) is 10.6 Å². The molecular weight excluding hydrogens is 220 g/mol. The van der Waals surface area contributed by atoms with E-state index in [0.29, 0.717) is 0 Å². The molecule has 2 atom stereocenters. The van der Waals surface area contributed by atoms with Gasteiger partial charge in [-0.1, -0.05) is 0 Å². The van der Waals surface area contributed by atoms with Crippen LogP contribution in [0.4, 0.5) is 0 Å². The molecule has 2 heterocycles. The Morgan fingerprint density at radius 3 is 3.06 bits per heavy atom. The number of nitrogens with one attached hydrogen (secondary N) is 2. The third-order valence-electron chi connectivity index (χ3n) is 3.60. The molecule has 2 saturated heterocycles. The van der Waals surface area contributed by atoms with Gasteiger partial charge in [0, 0.05) is 17.8 Å². The molecular formula is C12H22N2OS. The zero-order valence-corrected chi connectivity index (χ0v) is 10.9. The Morgan fingerprint density at radius 2 is 2.44 bits per heavy atom. The zero-order chi connectivity index (χ0) is 11.4. The van der Waals surface area contributed by atoms with Crippen LogP contribution in [0.5, 0.6) is 0 Å². The van der Waals surface area contributed by atoms with Crippen LogP contribution >= 0.6 is 11.8 Å². The lowest BCUT2D eigenvalue weighted by molar-refractivity contribution is -0.125. The van der Waals surface area contributed by atoms with E-state index < -0.39 is 0 Å². The number of piperidine rings is 1. The lowest BCUT2D eigenvalue weighted by Crippen LogP contribution is -2.44. The molecule has 0 radical (unpaired) electrons. The van der Waals surface area contributed by atoms with Gasteiger partial charge in [0.25, 0.3) is 0 Å². The van der Waals surface area contributed by atoms with Gasteiger partial charge in [-0.3, -0.25) is 4.79 Å². The van der Waals surface area contributed by atoms with E-state index in [1.165, 1.54) is 18.6 Å². The van der Waals surface area contributed by atoms with E-state index >= 15 is 0 Å². The minimum atomic E-state index is 0.198. The van der Waals surface area contributed by atoms with E-state index in [4.69, 9.17) is 0 Å². The molecule has 92 valence electrons. The molecule has 0 aliphatic carbocycles. The second-order valence-electron chi connectivity index (χ2n) is 5.16. The predicted octanol–water partition coefficient (Wildman–Crippen LogP) is 1.39. The molecule has 2 aliphatic heterocycles. The van der Waals surface area contributed by atoms with Crippen molar-refractivity contribution in [3.05, 3.63) is 0 Å². The molecule has 3 nitrogen and oxygen atoms in total. The molecule has 0 aromatic carbocycles. The molecule has 0 spiro atoms. The van der Waals surface area contributed by atoms with Crippen LogP contribution in [0.15, 0.2) is 0 Å². The summed E-state index contributed by atoms with van der Waals surface area (Å²) in [5.41, 5.74) is 0. The average Bonchev–Trinajstić information content (AvgIpc) is 2.75. The fraction of sp³-hybridized carbons (Fsp3) is 0.917. The molecule has 2 rings (SSSR count). The lowest BCUT2D eigenvalue weighted by atomic mass is 9.98. The van der Waals surface area contributed by atoms with Crippen molar-refractivity contribution in [3.63, 3.8) is 0 Å². The van der Waals surface area contributed by atoms with Gasteiger partial charge in [0.15, 0.2) is 0 Å². The fourth-order valence-electron chi connectivity index (χ4n) is 2.47. The van der Waals surface area contributed by atoms with E-state index in [1.54, 1.807) is 0 Å². The van der Waals surface area contributed by atoms with Crippen LogP contribution in [0.2, 0.25) is 0 Å². The van der Waals surface area contributed by atoms with Crippen LogP contribution in [0.25, 0.3) is 0 Å². The van der Waals surface area contributed by atoms with E-state index in [9.17, 15) is 4.79 Å². The SMILES string of the molecule is CC1(CNC(=O)[C@@H]2CCCNC2)CCCS1. The van der Waals surface area contributed by atoms with Crippen molar-refractivity contribution in [3.8, 4) is 0 Å². The Bertz CT molecular complexity index is 245. The summed E-state index contributed by atoms with van der Waals surface area (Å²) in [5, 5.41) is 6.42. The van der Waals surface area contributed by atoms with Crippen molar-refractivity contribution >= 4 is 17.7 Å². The maximum absolute atomic E-state index is 11.9. The molecule has 0 saturated carbocycles. The molecule has 0 aromatic heterocycles. The van der Waals surface area contributed by atoms with Gasteiger partial charge in [0.1, 0.15) is 0 Å². The van der Waals surface area contributed by atoms with Crippen LogP contribution in [0, 0.1) is 5.92 Å². The number of rotatable bonds is 3. The van der Waals surface area contributed by atoms with Crippen molar-refractivity contribution in [2.24, 2.45) is 5.92 Å². The molecule has 0 bridgehead atoms. The Labute approximate surface area is 102 Å². The van der Waals surface area contributed by atoms with Crippen molar-refractivity contribution < 1.29 is 4.79 Å². The van der Waals surface area contributed by atoms with Crippen LogP contribution in [0.1, 0.15) is 32.6 Å². The molecule has 0 aromatic rings. The van der Waals surface area contributed by atoms with Gasteiger partial charge in [0.2, 0.25) is 5.91 Å². The molecule has 16 heavy (non-hydrogen) atoms. The lowest BCUT2D eigenvalue weighted by Gasteiger charge is -2.26. The van der Waals surface area contributed by atoms with Crippen molar-refractivity contribution in [2.45, 2.75) is 37.4 Å². The Morgan fingerprint density at radius 1 is 1.56 bits per heavy atom. The number of hydrogen-bond acceptors (Lipinski definition) is 3. The highest BCUT2D eigenvalue weighted by atomic mass is 32.2. The summed E-state index contributed by atoms with van der Waals surface area (Å²) in [6, 6.07) is 0. The highest BCUT2D eigenvalue weighted by molar-refractivity contribution is 8.00. The summed E-state index contributed by atoms with van der Waals surface area (Å²) in [6.07, 6.45) is 4.70. The van der Waals surface area contributed by atoms with Gasteiger partial charge in [-0.2, -0.15) is 11.8 Å². The molecule has 2 N–H and O–H groups in total.